The summed E-state index contributed by atoms with van der Waals surface area (Å²) in [6.45, 7) is 12.7. The van der Waals surface area contributed by atoms with E-state index in [4.69, 9.17) is 10.5 Å². The second kappa shape index (κ2) is 5.68. The van der Waals surface area contributed by atoms with Crippen molar-refractivity contribution in [2.24, 2.45) is 16.6 Å². The van der Waals surface area contributed by atoms with Crippen molar-refractivity contribution in [3.8, 4) is 0 Å². The van der Waals surface area contributed by atoms with Crippen molar-refractivity contribution in [1.82, 2.24) is 4.90 Å². The van der Waals surface area contributed by atoms with Gasteiger partial charge in [0.2, 0.25) is 0 Å². The maximum Gasteiger partial charge on any atom is 0.0546 e. The number of hydrogen-bond donors (Lipinski definition) is 1. The van der Waals surface area contributed by atoms with Crippen molar-refractivity contribution >= 4 is 0 Å². The van der Waals surface area contributed by atoms with Gasteiger partial charge >= 0.3 is 0 Å². The second-order valence-electron chi connectivity index (χ2n) is 6.82. The van der Waals surface area contributed by atoms with Gasteiger partial charge in [0.05, 0.1) is 6.61 Å². The molecule has 2 N–H and O–H groups in total. The van der Waals surface area contributed by atoms with Gasteiger partial charge in [-0.05, 0) is 32.2 Å². The molecule has 0 aromatic rings. The van der Waals surface area contributed by atoms with Crippen LogP contribution >= 0.6 is 0 Å². The lowest BCUT2D eigenvalue weighted by Crippen LogP contribution is -2.51. The molecule has 1 saturated heterocycles. The molecule has 17 heavy (non-hydrogen) atoms. The number of ether oxygens (including phenoxy) is 1. The van der Waals surface area contributed by atoms with E-state index in [-0.39, 0.29) is 5.41 Å². The highest BCUT2D eigenvalue weighted by Gasteiger charge is 2.35. The van der Waals surface area contributed by atoms with Crippen LogP contribution in [0.25, 0.3) is 0 Å². The molecule has 0 aromatic heterocycles. The molecule has 1 fully saturated rings. The van der Waals surface area contributed by atoms with Crippen molar-refractivity contribution in [1.29, 1.82) is 0 Å². The van der Waals surface area contributed by atoms with Crippen LogP contribution in [0.4, 0.5) is 0 Å². The molecule has 102 valence electrons. The first-order chi connectivity index (χ1) is 7.81. The predicted molar refractivity (Wildman–Crippen MR) is 73.1 cm³/mol. The number of nitrogens with two attached hydrogens (primary N) is 1. The lowest BCUT2D eigenvalue weighted by atomic mass is 9.80. The van der Waals surface area contributed by atoms with Crippen LogP contribution in [-0.4, -0.2) is 44.3 Å². The molecule has 1 rings (SSSR count). The summed E-state index contributed by atoms with van der Waals surface area (Å²) in [6, 6.07) is 0.549. The van der Waals surface area contributed by atoms with E-state index in [1.54, 1.807) is 0 Å². The fraction of sp³-hybridized carbons (Fsp3) is 1.00. The molecule has 0 spiro atoms. The van der Waals surface area contributed by atoms with Gasteiger partial charge in [-0.15, -0.1) is 0 Å². The number of rotatable bonds is 4. The first-order valence-corrected chi connectivity index (χ1v) is 6.79. The van der Waals surface area contributed by atoms with E-state index in [9.17, 15) is 0 Å². The third-order valence-corrected chi connectivity index (χ3v) is 4.34. The highest BCUT2D eigenvalue weighted by atomic mass is 16.5. The minimum Gasteiger partial charge on any atom is -0.381 e. The number of hydrogen-bond acceptors (Lipinski definition) is 3. The minimum absolute atomic E-state index is 0.173. The molecule has 0 aromatic carbocycles. The van der Waals surface area contributed by atoms with E-state index in [2.05, 4.69) is 39.6 Å². The van der Waals surface area contributed by atoms with Crippen LogP contribution in [0.1, 0.15) is 40.5 Å². The van der Waals surface area contributed by atoms with E-state index >= 15 is 0 Å². The molecule has 2 unspecified atom stereocenters. The minimum atomic E-state index is 0.173. The van der Waals surface area contributed by atoms with Gasteiger partial charge in [0.25, 0.3) is 0 Å². The summed E-state index contributed by atoms with van der Waals surface area (Å²) in [5, 5.41) is 0. The largest absolute Gasteiger partial charge is 0.381 e. The van der Waals surface area contributed by atoms with Crippen LogP contribution in [-0.2, 0) is 4.74 Å². The SMILES string of the molecule is CC(N(C)CC1(CN)CCCOC1)C(C)(C)C. The first-order valence-electron chi connectivity index (χ1n) is 6.79. The zero-order valence-corrected chi connectivity index (χ0v) is 12.3. The van der Waals surface area contributed by atoms with Crippen molar-refractivity contribution in [3.05, 3.63) is 0 Å². The Hall–Kier alpha value is -0.120. The fourth-order valence-electron chi connectivity index (χ4n) is 2.59. The van der Waals surface area contributed by atoms with Crippen LogP contribution in [0.15, 0.2) is 0 Å². The Kier molecular flexibility index (Phi) is 4.99. The Labute approximate surface area is 107 Å². The predicted octanol–water partition coefficient (Wildman–Crippen LogP) is 2.11. The van der Waals surface area contributed by atoms with Gasteiger partial charge in [0.15, 0.2) is 0 Å². The summed E-state index contributed by atoms with van der Waals surface area (Å²) in [6.07, 6.45) is 2.35. The number of nitrogens with zero attached hydrogens (tertiary/aromatic N) is 1. The molecule has 1 aliphatic heterocycles. The van der Waals surface area contributed by atoms with Crippen molar-refractivity contribution < 1.29 is 4.74 Å². The monoisotopic (exact) mass is 242 g/mol. The summed E-state index contributed by atoms with van der Waals surface area (Å²) in [5.41, 5.74) is 6.47. The average molecular weight is 242 g/mol. The summed E-state index contributed by atoms with van der Waals surface area (Å²) in [7, 11) is 2.21. The van der Waals surface area contributed by atoms with Gasteiger partial charge in [-0.25, -0.2) is 0 Å². The quantitative estimate of drug-likeness (QED) is 0.820. The molecule has 0 amide bonds. The molecule has 3 nitrogen and oxygen atoms in total. The molecule has 0 aliphatic carbocycles. The highest BCUT2D eigenvalue weighted by molar-refractivity contribution is 4.88. The van der Waals surface area contributed by atoms with Crippen molar-refractivity contribution in [2.45, 2.75) is 46.6 Å². The Morgan fingerprint density at radius 3 is 2.47 bits per heavy atom. The van der Waals surface area contributed by atoms with Crippen molar-refractivity contribution in [2.75, 3.05) is 33.4 Å². The van der Waals surface area contributed by atoms with E-state index in [0.29, 0.717) is 11.5 Å². The normalized spacial score (nSPS) is 28.4. The zero-order valence-electron chi connectivity index (χ0n) is 12.3. The van der Waals surface area contributed by atoms with Gasteiger partial charge < -0.3 is 15.4 Å². The molecule has 0 saturated carbocycles. The van der Waals surface area contributed by atoms with E-state index in [0.717, 1.165) is 32.7 Å². The summed E-state index contributed by atoms with van der Waals surface area (Å²) >= 11 is 0. The Balaban J connectivity index is 2.61. The maximum absolute atomic E-state index is 5.99. The first kappa shape index (κ1) is 14.9. The molecule has 0 bridgehead atoms. The Morgan fingerprint density at radius 2 is 2.06 bits per heavy atom. The molecule has 1 heterocycles. The lowest BCUT2D eigenvalue weighted by molar-refractivity contribution is -0.0302. The summed E-state index contributed by atoms with van der Waals surface area (Å²) in [4.78, 5) is 2.45. The highest BCUT2D eigenvalue weighted by Crippen LogP contribution is 2.31. The van der Waals surface area contributed by atoms with E-state index in [1.165, 1.54) is 6.42 Å². The molecular formula is C14H30N2O. The van der Waals surface area contributed by atoms with E-state index in [1.807, 2.05) is 0 Å². The molecular weight excluding hydrogens is 212 g/mol. The average Bonchev–Trinajstić information content (AvgIpc) is 2.28. The second-order valence-corrected chi connectivity index (χ2v) is 6.82. The van der Waals surface area contributed by atoms with Gasteiger partial charge in [-0.3, -0.25) is 0 Å². The smallest absolute Gasteiger partial charge is 0.0546 e. The molecule has 0 radical (unpaired) electrons. The third-order valence-electron chi connectivity index (χ3n) is 4.34. The summed E-state index contributed by atoms with van der Waals surface area (Å²) in [5.74, 6) is 0. The summed E-state index contributed by atoms with van der Waals surface area (Å²) < 4.78 is 5.64. The fourth-order valence-corrected chi connectivity index (χ4v) is 2.59. The topological polar surface area (TPSA) is 38.5 Å². The van der Waals surface area contributed by atoms with Crippen LogP contribution in [0.5, 0.6) is 0 Å². The standard InChI is InChI=1S/C14H30N2O/c1-12(13(2,3)4)16(5)10-14(9-15)7-6-8-17-11-14/h12H,6-11,15H2,1-5H3. The van der Waals surface area contributed by atoms with Crippen LogP contribution in [0, 0.1) is 10.8 Å². The zero-order chi connectivity index (χ0) is 13.1. The van der Waals surface area contributed by atoms with E-state index < -0.39 is 0 Å². The molecule has 3 heteroatoms. The molecule has 2 atom stereocenters. The van der Waals surface area contributed by atoms with Crippen molar-refractivity contribution in [3.63, 3.8) is 0 Å². The Bertz CT molecular complexity index is 229. The van der Waals surface area contributed by atoms with Crippen LogP contribution in [0.2, 0.25) is 0 Å². The third kappa shape index (κ3) is 3.94. The molecule has 1 aliphatic rings. The van der Waals surface area contributed by atoms with Gasteiger partial charge in [0.1, 0.15) is 0 Å². The van der Waals surface area contributed by atoms with Gasteiger partial charge in [-0.1, -0.05) is 20.8 Å². The Morgan fingerprint density at radius 1 is 1.41 bits per heavy atom. The van der Waals surface area contributed by atoms with Gasteiger partial charge in [-0.2, -0.15) is 0 Å². The van der Waals surface area contributed by atoms with Crippen LogP contribution < -0.4 is 5.73 Å². The lowest BCUT2D eigenvalue weighted by Gasteiger charge is -2.43. The van der Waals surface area contributed by atoms with Gasteiger partial charge in [0, 0.05) is 31.2 Å². The van der Waals surface area contributed by atoms with Crippen LogP contribution in [0.3, 0.4) is 0 Å². The maximum atomic E-state index is 5.99.